The summed E-state index contributed by atoms with van der Waals surface area (Å²) in [6.07, 6.45) is -0.597. The number of para-hydroxylation sites is 2. The van der Waals surface area contributed by atoms with Gasteiger partial charge in [-0.15, -0.1) is 5.06 Å². The normalized spacial score (nSPS) is 19.7. The first-order chi connectivity index (χ1) is 12.3. The Morgan fingerprint density at radius 1 is 0.840 bits per heavy atom. The van der Waals surface area contributed by atoms with Gasteiger partial charge in [0.2, 0.25) is 6.23 Å². The summed E-state index contributed by atoms with van der Waals surface area (Å²) in [5, 5.41) is 12.1. The summed E-state index contributed by atoms with van der Waals surface area (Å²) in [6.45, 7) is 0.220. The van der Waals surface area contributed by atoms with Crippen molar-refractivity contribution in [1.29, 1.82) is 0 Å². The van der Waals surface area contributed by atoms with Crippen molar-refractivity contribution in [3.8, 4) is 11.5 Å². The van der Waals surface area contributed by atoms with Gasteiger partial charge in [0, 0.05) is 5.56 Å². The number of fused-ring (bicyclic) bond motifs is 1. The van der Waals surface area contributed by atoms with Crippen molar-refractivity contribution in [1.82, 2.24) is 5.06 Å². The molecular weight excluding hydrogens is 314 g/mol. The van der Waals surface area contributed by atoms with E-state index in [1.165, 1.54) is 5.06 Å². The molecule has 0 aliphatic carbocycles. The first-order valence-electron chi connectivity index (χ1n) is 8.28. The molecular formula is C21H19NO3. The fourth-order valence-corrected chi connectivity index (χ4v) is 3.09. The molecule has 25 heavy (non-hydrogen) atoms. The molecule has 0 aromatic heterocycles. The van der Waals surface area contributed by atoms with Crippen LogP contribution in [-0.4, -0.2) is 23.1 Å². The van der Waals surface area contributed by atoms with Crippen LogP contribution in [0.4, 0.5) is 0 Å². The highest BCUT2D eigenvalue weighted by molar-refractivity contribution is 5.43. The summed E-state index contributed by atoms with van der Waals surface area (Å²) in [4.78, 5) is 0. The molecule has 4 heteroatoms. The van der Waals surface area contributed by atoms with E-state index < -0.39 is 6.23 Å². The van der Waals surface area contributed by atoms with Gasteiger partial charge >= 0.3 is 0 Å². The van der Waals surface area contributed by atoms with Gasteiger partial charge in [-0.1, -0.05) is 66.7 Å². The Kier molecular flexibility index (Phi) is 4.37. The first kappa shape index (κ1) is 15.7. The Bertz CT molecular complexity index is 823. The van der Waals surface area contributed by atoms with Crippen molar-refractivity contribution in [2.45, 2.75) is 12.3 Å². The van der Waals surface area contributed by atoms with Gasteiger partial charge in [0.15, 0.2) is 0 Å². The van der Waals surface area contributed by atoms with E-state index in [9.17, 15) is 5.21 Å². The van der Waals surface area contributed by atoms with E-state index in [0.29, 0.717) is 0 Å². The van der Waals surface area contributed by atoms with Crippen molar-refractivity contribution in [3.05, 3.63) is 96.1 Å². The van der Waals surface area contributed by atoms with Crippen LogP contribution in [0.15, 0.2) is 84.9 Å². The Morgan fingerprint density at radius 3 is 2.24 bits per heavy atom. The third kappa shape index (κ3) is 3.22. The van der Waals surface area contributed by atoms with Crippen LogP contribution >= 0.6 is 0 Å². The van der Waals surface area contributed by atoms with Gasteiger partial charge in [0.1, 0.15) is 18.1 Å². The third-order valence-electron chi connectivity index (χ3n) is 4.29. The Hall–Kier alpha value is -2.82. The molecule has 2 unspecified atom stereocenters. The molecule has 0 fully saturated rings. The maximum absolute atomic E-state index is 10.8. The Labute approximate surface area is 146 Å². The van der Waals surface area contributed by atoms with Crippen molar-refractivity contribution >= 4 is 0 Å². The van der Waals surface area contributed by atoms with Gasteiger partial charge in [-0.3, -0.25) is 0 Å². The molecule has 0 radical (unpaired) electrons. The zero-order valence-electron chi connectivity index (χ0n) is 13.7. The fourth-order valence-electron chi connectivity index (χ4n) is 3.09. The molecule has 1 heterocycles. The van der Waals surface area contributed by atoms with Crippen LogP contribution in [0.1, 0.15) is 17.2 Å². The monoisotopic (exact) mass is 333 g/mol. The van der Waals surface area contributed by atoms with Crippen molar-refractivity contribution < 1.29 is 14.7 Å². The summed E-state index contributed by atoms with van der Waals surface area (Å²) in [5.41, 5.74) is 1.94. The minimum atomic E-state index is -0.597. The van der Waals surface area contributed by atoms with E-state index in [1.54, 1.807) is 0 Å². The summed E-state index contributed by atoms with van der Waals surface area (Å²) in [5.74, 6) is 1.51. The van der Waals surface area contributed by atoms with E-state index >= 15 is 0 Å². The van der Waals surface area contributed by atoms with Crippen LogP contribution in [0.5, 0.6) is 11.5 Å². The number of hydrogen-bond donors (Lipinski definition) is 1. The average molecular weight is 333 g/mol. The molecule has 0 saturated heterocycles. The molecule has 1 aliphatic rings. The number of hydrogen-bond acceptors (Lipinski definition) is 4. The topological polar surface area (TPSA) is 41.9 Å². The van der Waals surface area contributed by atoms with Gasteiger partial charge < -0.3 is 14.7 Å². The first-order valence-corrected chi connectivity index (χ1v) is 8.28. The predicted molar refractivity (Wildman–Crippen MR) is 94.7 cm³/mol. The SMILES string of the molecule is ON1C(COc2ccccc2)Oc2ccccc2C1c1ccccc1. The lowest BCUT2D eigenvalue weighted by Crippen LogP contribution is -2.47. The minimum Gasteiger partial charge on any atom is -0.488 e. The molecule has 126 valence electrons. The van der Waals surface area contributed by atoms with E-state index in [0.717, 1.165) is 22.6 Å². The lowest BCUT2D eigenvalue weighted by Gasteiger charge is -2.38. The summed E-state index contributed by atoms with van der Waals surface area (Å²) < 4.78 is 11.8. The highest BCUT2D eigenvalue weighted by Gasteiger charge is 2.36. The zero-order chi connectivity index (χ0) is 17.1. The molecule has 1 N–H and O–H groups in total. The maximum Gasteiger partial charge on any atom is 0.208 e. The van der Waals surface area contributed by atoms with Crippen LogP contribution in [0, 0.1) is 0 Å². The van der Waals surface area contributed by atoms with E-state index in [1.807, 2.05) is 84.9 Å². The second kappa shape index (κ2) is 6.97. The van der Waals surface area contributed by atoms with E-state index in [-0.39, 0.29) is 12.6 Å². The summed E-state index contributed by atoms with van der Waals surface area (Å²) in [7, 11) is 0. The smallest absolute Gasteiger partial charge is 0.208 e. The largest absolute Gasteiger partial charge is 0.488 e. The second-order valence-corrected chi connectivity index (χ2v) is 5.93. The molecule has 2 atom stereocenters. The van der Waals surface area contributed by atoms with Gasteiger partial charge in [-0.25, -0.2) is 0 Å². The zero-order valence-corrected chi connectivity index (χ0v) is 13.7. The highest BCUT2D eigenvalue weighted by Crippen LogP contribution is 2.39. The number of ether oxygens (including phenoxy) is 2. The van der Waals surface area contributed by atoms with E-state index in [4.69, 9.17) is 9.47 Å². The molecule has 0 saturated carbocycles. The lowest BCUT2D eigenvalue weighted by molar-refractivity contribution is -0.224. The summed E-state index contributed by atoms with van der Waals surface area (Å²) >= 11 is 0. The number of benzene rings is 3. The fraction of sp³-hybridized carbons (Fsp3) is 0.143. The third-order valence-corrected chi connectivity index (χ3v) is 4.29. The van der Waals surface area contributed by atoms with Crippen molar-refractivity contribution in [2.75, 3.05) is 6.61 Å². The van der Waals surface area contributed by atoms with Crippen molar-refractivity contribution in [3.63, 3.8) is 0 Å². The maximum atomic E-state index is 10.8. The van der Waals surface area contributed by atoms with Crippen LogP contribution in [-0.2, 0) is 0 Å². The molecule has 4 nitrogen and oxygen atoms in total. The standard InChI is InChI=1S/C21H19NO3/c23-22-20(15-24-17-11-5-2-6-12-17)25-19-14-8-7-13-18(19)21(22)16-9-3-1-4-10-16/h1-14,20-21,23H,15H2. The van der Waals surface area contributed by atoms with Crippen molar-refractivity contribution in [2.24, 2.45) is 0 Å². The van der Waals surface area contributed by atoms with E-state index in [2.05, 4.69) is 0 Å². The average Bonchev–Trinajstić information content (AvgIpc) is 2.68. The lowest BCUT2D eigenvalue weighted by atomic mass is 9.96. The van der Waals surface area contributed by atoms with Gasteiger partial charge in [-0.2, -0.15) is 0 Å². The van der Waals surface area contributed by atoms with Crippen LogP contribution in [0.3, 0.4) is 0 Å². The summed E-state index contributed by atoms with van der Waals surface area (Å²) in [6, 6.07) is 26.9. The van der Waals surface area contributed by atoms with Gasteiger partial charge in [0.25, 0.3) is 0 Å². The molecule has 4 rings (SSSR count). The van der Waals surface area contributed by atoms with Crippen LogP contribution in [0.25, 0.3) is 0 Å². The number of rotatable bonds is 4. The number of hydroxylamine groups is 2. The minimum absolute atomic E-state index is 0.220. The van der Waals surface area contributed by atoms with Crippen LogP contribution < -0.4 is 9.47 Å². The molecule has 0 bridgehead atoms. The Balaban J connectivity index is 1.62. The second-order valence-electron chi connectivity index (χ2n) is 5.93. The molecule has 3 aromatic carbocycles. The molecule has 3 aromatic rings. The molecule has 0 amide bonds. The molecule has 0 spiro atoms. The van der Waals surface area contributed by atoms with Crippen LogP contribution in [0.2, 0.25) is 0 Å². The Morgan fingerprint density at radius 2 is 1.48 bits per heavy atom. The highest BCUT2D eigenvalue weighted by atomic mass is 16.6. The number of nitrogens with zero attached hydrogens (tertiary/aromatic N) is 1. The predicted octanol–water partition coefficient (Wildman–Crippen LogP) is 4.26. The molecule has 1 aliphatic heterocycles. The van der Waals surface area contributed by atoms with Gasteiger partial charge in [0.05, 0.1) is 6.04 Å². The van der Waals surface area contributed by atoms with Gasteiger partial charge in [-0.05, 0) is 23.8 Å². The quantitative estimate of drug-likeness (QED) is 0.774.